The van der Waals surface area contributed by atoms with Gasteiger partial charge in [0.15, 0.2) is 17.3 Å². The van der Waals surface area contributed by atoms with E-state index in [9.17, 15) is 9.90 Å². The zero-order valence-electron chi connectivity index (χ0n) is 12.8. The fraction of sp³-hybridized carbons (Fsp3) is 0.389. The van der Waals surface area contributed by atoms with E-state index in [4.69, 9.17) is 4.74 Å². The van der Waals surface area contributed by atoms with E-state index in [-0.39, 0.29) is 23.0 Å². The quantitative estimate of drug-likeness (QED) is 0.863. The number of methoxy groups -OCH3 is 1. The molecule has 4 nitrogen and oxygen atoms in total. The Morgan fingerprint density at radius 3 is 2.77 bits per heavy atom. The number of hydrogen-bond acceptors (Lipinski definition) is 4. The molecule has 0 bridgehead atoms. The second-order valence-corrected chi connectivity index (χ2v) is 6.47. The minimum Gasteiger partial charge on any atom is -0.504 e. The SMILES string of the molecule is COc1cc2c3c(c1O)CC1(C=CC(=O)C=C1)[C@@H]3N(C)CC2. The summed E-state index contributed by atoms with van der Waals surface area (Å²) in [6.45, 7) is 0.961. The number of aromatic hydroxyl groups is 1. The normalized spacial score (nSPS) is 24.8. The van der Waals surface area contributed by atoms with E-state index < -0.39 is 0 Å². The summed E-state index contributed by atoms with van der Waals surface area (Å²) in [5, 5.41) is 10.6. The molecule has 1 heterocycles. The van der Waals surface area contributed by atoms with Crippen molar-refractivity contribution in [1.82, 2.24) is 4.90 Å². The van der Waals surface area contributed by atoms with Gasteiger partial charge in [-0.3, -0.25) is 9.69 Å². The lowest BCUT2D eigenvalue weighted by atomic mass is 9.75. The third-order valence-electron chi connectivity index (χ3n) is 5.27. The Bertz CT molecular complexity index is 716. The van der Waals surface area contributed by atoms with Crippen LogP contribution in [0.15, 0.2) is 30.4 Å². The van der Waals surface area contributed by atoms with Crippen LogP contribution in [0.5, 0.6) is 11.5 Å². The van der Waals surface area contributed by atoms with E-state index in [1.165, 1.54) is 11.1 Å². The van der Waals surface area contributed by atoms with E-state index in [1.54, 1.807) is 19.3 Å². The number of fused-ring (bicyclic) bond motifs is 1. The first kappa shape index (κ1) is 13.6. The number of hydrogen-bond donors (Lipinski definition) is 1. The molecule has 2 aliphatic carbocycles. The minimum absolute atomic E-state index is 0.0297. The molecule has 0 aromatic heterocycles. The second-order valence-electron chi connectivity index (χ2n) is 6.47. The molecule has 0 fully saturated rings. The van der Waals surface area contributed by atoms with E-state index in [2.05, 4.69) is 11.9 Å². The van der Waals surface area contributed by atoms with Gasteiger partial charge in [-0.05, 0) is 49.2 Å². The lowest BCUT2D eigenvalue weighted by Gasteiger charge is -2.41. The topological polar surface area (TPSA) is 49.8 Å². The number of ketones is 1. The molecule has 1 aromatic rings. The molecule has 1 spiro atoms. The van der Waals surface area contributed by atoms with E-state index >= 15 is 0 Å². The predicted octanol–water partition coefficient (Wildman–Crippen LogP) is 2.17. The lowest BCUT2D eigenvalue weighted by Crippen LogP contribution is -2.39. The number of likely N-dealkylation sites (N-methyl/N-ethyl adjacent to an activating group) is 1. The van der Waals surface area contributed by atoms with Gasteiger partial charge in [-0.25, -0.2) is 0 Å². The van der Waals surface area contributed by atoms with Gasteiger partial charge in [-0.15, -0.1) is 0 Å². The van der Waals surface area contributed by atoms with Crippen molar-refractivity contribution in [3.63, 3.8) is 0 Å². The highest BCUT2D eigenvalue weighted by Gasteiger charge is 2.49. The summed E-state index contributed by atoms with van der Waals surface area (Å²) in [5.41, 5.74) is 3.19. The van der Waals surface area contributed by atoms with Crippen LogP contribution in [0.4, 0.5) is 0 Å². The number of allylic oxidation sites excluding steroid dienone is 2. The summed E-state index contributed by atoms with van der Waals surface area (Å²) in [7, 11) is 3.70. The third kappa shape index (κ3) is 1.64. The molecule has 0 saturated heterocycles. The third-order valence-corrected chi connectivity index (χ3v) is 5.27. The van der Waals surface area contributed by atoms with Crippen molar-refractivity contribution in [2.45, 2.75) is 18.9 Å². The van der Waals surface area contributed by atoms with Crippen molar-refractivity contribution in [2.75, 3.05) is 20.7 Å². The Kier molecular flexibility index (Phi) is 2.76. The number of carbonyl (C=O) groups excluding carboxylic acids is 1. The fourth-order valence-electron chi connectivity index (χ4n) is 4.27. The maximum atomic E-state index is 11.5. The van der Waals surface area contributed by atoms with Crippen molar-refractivity contribution in [3.8, 4) is 11.5 Å². The molecule has 114 valence electrons. The average Bonchev–Trinajstić information content (AvgIpc) is 2.86. The Labute approximate surface area is 129 Å². The van der Waals surface area contributed by atoms with Crippen molar-refractivity contribution < 1.29 is 14.6 Å². The van der Waals surface area contributed by atoms with Gasteiger partial charge in [0.25, 0.3) is 0 Å². The van der Waals surface area contributed by atoms with Crippen LogP contribution in [0, 0.1) is 5.41 Å². The molecule has 1 atom stereocenters. The van der Waals surface area contributed by atoms with Gasteiger partial charge in [0, 0.05) is 23.6 Å². The maximum Gasteiger partial charge on any atom is 0.178 e. The second kappa shape index (κ2) is 4.46. The summed E-state index contributed by atoms with van der Waals surface area (Å²) in [6.07, 6.45) is 8.99. The largest absolute Gasteiger partial charge is 0.504 e. The highest BCUT2D eigenvalue weighted by Crippen LogP contribution is 2.57. The molecule has 4 rings (SSSR count). The van der Waals surface area contributed by atoms with Gasteiger partial charge in [0.2, 0.25) is 0 Å². The van der Waals surface area contributed by atoms with Crippen molar-refractivity contribution >= 4 is 5.78 Å². The Morgan fingerprint density at radius 1 is 1.36 bits per heavy atom. The molecule has 0 unspecified atom stereocenters. The minimum atomic E-state index is -0.246. The zero-order valence-corrected chi connectivity index (χ0v) is 12.8. The van der Waals surface area contributed by atoms with Crippen LogP contribution in [0.25, 0.3) is 0 Å². The fourth-order valence-corrected chi connectivity index (χ4v) is 4.27. The summed E-state index contributed by atoms with van der Waals surface area (Å²) in [6, 6.07) is 2.14. The van der Waals surface area contributed by atoms with Crippen molar-refractivity contribution in [3.05, 3.63) is 47.1 Å². The molecule has 1 N–H and O–H groups in total. The van der Waals surface area contributed by atoms with Gasteiger partial charge < -0.3 is 9.84 Å². The monoisotopic (exact) mass is 297 g/mol. The van der Waals surface area contributed by atoms with Crippen molar-refractivity contribution in [2.24, 2.45) is 5.41 Å². The molecule has 4 heteroatoms. The number of phenolic OH excluding ortho intramolecular Hbond substituents is 1. The first-order valence-electron chi connectivity index (χ1n) is 7.60. The van der Waals surface area contributed by atoms with Crippen LogP contribution in [-0.2, 0) is 17.6 Å². The summed E-state index contributed by atoms with van der Waals surface area (Å²) >= 11 is 0. The molecule has 22 heavy (non-hydrogen) atoms. The van der Waals surface area contributed by atoms with Crippen LogP contribution >= 0.6 is 0 Å². The zero-order chi connectivity index (χ0) is 15.5. The van der Waals surface area contributed by atoms with Gasteiger partial charge in [0.05, 0.1) is 7.11 Å². The molecule has 1 aliphatic heterocycles. The van der Waals surface area contributed by atoms with Crippen LogP contribution in [0.3, 0.4) is 0 Å². The Morgan fingerprint density at radius 2 is 2.09 bits per heavy atom. The predicted molar refractivity (Wildman–Crippen MR) is 83.2 cm³/mol. The van der Waals surface area contributed by atoms with Crippen LogP contribution in [0.1, 0.15) is 22.7 Å². The standard InChI is InChI=1S/C18H19NO3/c1-19-8-5-11-9-14(22-2)16(21)13-10-18(17(19)15(11)13)6-3-12(20)4-7-18/h3-4,6-7,9,17,21H,5,8,10H2,1-2H3/t17-/m1/s1. The van der Waals surface area contributed by atoms with Crippen LogP contribution < -0.4 is 4.74 Å². The Balaban J connectivity index is 1.94. The van der Waals surface area contributed by atoms with E-state index in [0.717, 1.165) is 18.5 Å². The molecular formula is C18H19NO3. The molecular weight excluding hydrogens is 278 g/mol. The smallest absolute Gasteiger partial charge is 0.178 e. The highest BCUT2D eigenvalue weighted by atomic mass is 16.5. The first-order valence-corrected chi connectivity index (χ1v) is 7.60. The Hall–Kier alpha value is -2.07. The first-order chi connectivity index (χ1) is 10.6. The van der Waals surface area contributed by atoms with Crippen LogP contribution in [0.2, 0.25) is 0 Å². The molecule has 0 radical (unpaired) electrons. The molecule has 1 aromatic carbocycles. The average molecular weight is 297 g/mol. The number of benzene rings is 1. The van der Waals surface area contributed by atoms with E-state index in [1.807, 2.05) is 18.2 Å². The molecule has 0 amide bonds. The number of ether oxygens (including phenoxy) is 1. The van der Waals surface area contributed by atoms with Crippen molar-refractivity contribution in [1.29, 1.82) is 0 Å². The van der Waals surface area contributed by atoms with E-state index in [0.29, 0.717) is 12.2 Å². The van der Waals surface area contributed by atoms with Crippen LogP contribution in [-0.4, -0.2) is 36.5 Å². The summed E-state index contributed by atoms with van der Waals surface area (Å²) in [4.78, 5) is 13.9. The van der Waals surface area contributed by atoms with Gasteiger partial charge >= 0.3 is 0 Å². The number of rotatable bonds is 1. The van der Waals surface area contributed by atoms with Gasteiger partial charge in [-0.2, -0.15) is 0 Å². The highest BCUT2D eigenvalue weighted by molar-refractivity contribution is 6.00. The number of carbonyl (C=O) groups is 1. The maximum absolute atomic E-state index is 11.5. The van der Waals surface area contributed by atoms with Gasteiger partial charge in [0.1, 0.15) is 0 Å². The number of phenols is 1. The van der Waals surface area contributed by atoms with Gasteiger partial charge in [-0.1, -0.05) is 12.2 Å². The molecule has 0 saturated carbocycles. The summed E-state index contributed by atoms with van der Waals surface area (Å²) < 4.78 is 5.34. The summed E-state index contributed by atoms with van der Waals surface area (Å²) in [5.74, 6) is 0.827. The number of nitrogens with zero attached hydrogens (tertiary/aromatic N) is 1. The molecule has 3 aliphatic rings. The lowest BCUT2D eigenvalue weighted by molar-refractivity contribution is -0.110.